The molecule has 0 radical (unpaired) electrons. The maximum absolute atomic E-state index is 8.83. The molecule has 0 saturated heterocycles. The third-order valence-electron chi connectivity index (χ3n) is 1.83. The van der Waals surface area contributed by atoms with E-state index < -0.39 is 0 Å². The molecule has 1 heterocycles. The quantitative estimate of drug-likeness (QED) is 0.610. The molecule has 4 heteroatoms. The largest absolute Gasteiger partial charge is 0.390 e. The highest BCUT2D eigenvalue weighted by Gasteiger charge is 2.10. The van der Waals surface area contributed by atoms with Crippen LogP contribution in [-0.2, 0) is 0 Å². The lowest BCUT2D eigenvalue weighted by atomic mass is 10.3. The zero-order chi connectivity index (χ0) is 9.10. The predicted molar refractivity (Wildman–Crippen MR) is 50.4 cm³/mol. The first-order valence-corrected chi connectivity index (χ1v) is 4.07. The van der Waals surface area contributed by atoms with E-state index in [9.17, 15) is 0 Å². The Morgan fingerprint density at radius 3 is 2.62 bits per heavy atom. The van der Waals surface area contributed by atoms with Crippen molar-refractivity contribution in [3.05, 3.63) is 42.2 Å². The number of nitrogens with zero attached hydrogens (tertiary/aromatic N) is 1. The molecule has 1 aromatic carbocycles. The first-order chi connectivity index (χ1) is 6.40. The molecule has 13 heavy (non-hydrogen) atoms. The van der Waals surface area contributed by atoms with Crippen LogP contribution >= 0.6 is 0 Å². The molecule has 2 rings (SSSR count). The lowest BCUT2D eigenvalue weighted by molar-refractivity contribution is 0.321. The number of anilines is 1. The lowest BCUT2D eigenvalue weighted by Crippen LogP contribution is -2.36. The van der Waals surface area contributed by atoms with Crippen LogP contribution in [0.4, 0.5) is 5.69 Å². The summed E-state index contributed by atoms with van der Waals surface area (Å²) in [6.45, 7) is 0.0103. The van der Waals surface area contributed by atoms with Crippen LogP contribution in [0.25, 0.3) is 0 Å². The third kappa shape index (κ3) is 1.63. The number of hydrazine groups is 2. The number of aliphatic hydroxyl groups is 1. The van der Waals surface area contributed by atoms with Crippen molar-refractivity contribution in [1.82, 2.24) is 11.0 Å². The van der Waals surface area contributed by atoms with E-state index in [-0.39, 0.29) is 6.61 Å². The van der Waals surface area contributed by atoms with Crippen LogP contribution in [0.2, 0.25) is 0 Å². The summed E-state index contributed by atoms with van der Waals surface area (Å²) in [7, 11) is 0. The van der Waals surface area contributed by atoms with Crippen molar-refractivity contribution in [1.29, 1.82) is 0 Å². The van der Waals surface area contributed by atoms with Gasteiger partial charge in [0, 0.05) is 6.20 Å². The fourth-order valence-corrected chi connectivity index (χ4v) is 1.16. The highest BCUT2D eigenvalue weighted by Crippen LogP contribution is 2.13. The molecule has 4 nitrogen and oxygen atoms in total. The summed E-state index contributed by atoms with van der Waals surface area (Å²) in [5.74, 6) is 0. The zero-order valence-electron chi connectivity index (χ0n) is 7.07. The van der Waals surface area contributed by atoms with Crippen LogP contribution in [0, 0.1) is 0 Å². The minimum Gasteiger partial charge on any atom is -0.390 e. The number of nitrogens with one attached hydrogen (secondary N) is 2. The summed E-state index contributed by atoms with van der Waals surface area (Å²) in [6, 6.07) is 9.84. The molecule has 0 amide bonds. The second kappa shape index (κ2) is 3.47. The van der Waals surface area contributed by atoms with Gasteiger partial charge < -0.3 is 10.5 Å². The average Bonchev–Trinajstić information content (AvgIpc) is 2.67. The van der Waals surface area contributed by atoms with E-state index in [0.29, 0.717) is 0 Å². The molecule has 1 aromatic rings. The van der Waals surface area contributed by atoms with E-state index >= 15 is 0 Å². The Bertz CT molecular complexity index is 310. The minimum atomic E-state index is 0.0103. The molecule has 3 N–H and O–H groups in total. The standard InChI is InChI=1S/C9H11N3O/c13-7-8-6-12(11-10-8)9-4-2-1-3-5-9/h1-6,10-11,13H,7H2. The van der Waals surface area contributed by atoms with E-state index in [1.54, 1.807) is 0 Å². The topological polar surface area (TPSA) is 47.5 Å². The monoisotopic (exact) mass is 177 g/mol. The van der Waals surface area contributed by atoms with Crippen LogP contribution in [0.5, 0.6) is 0 Å². The van der Waals surface area contributed by atoms with Crippen molar-refractivity contribution in [3.63, 3.8) is 0 Å². The van der Waals surface area contributed by atoms with E-state index in [1.807, 2.05) is 41.5 Å². The highest BCUT2D eigenvalue weighted by molar-refractivity contribution is 5.49. The number of hydrogen-bond donors (Lipinski definition) is 3. The second-order valence-electron chi connectivity index (χ2n) is 2.75. The van der Waals surface area contributed by atoms with Crippen LogP contribution in [-0.4, -0.2) is 11.7 Å². The summed E-state index contributed by atoms with van der Waals surface area (Å²) in [6.07, 6.45) is 1.81. The van der Waals surface area contributed by atoms with Crippen LogP contribution < -0.4 is 16.0 Å². The first-order valence-electron chi connectivity index (χ1n) is 4.07. The van der Waals surface area contributed by atoms with Gasteiger partial charge in [0.05, 0.1) is 18.0 Å². The van der Waals surface area contributed by atoms with Crippen LogP contribution in [0.1, 0.15) is 0 Å². The number of para-hydroxylation sites is 1. The zero-order valence-corrected chi connectivity index (χ0v) is 7.07. The molecule has 0 spiro atoms. The lowest BCUT2D eigenvalue weighted by Gasteiger charge is -2.14. The maximum Gasteiger partial charge on any atom is 0.0857 e. The fourth-order valence-electron chi connectivity index (χ4n) is 1.16. The summed E-state index contributed by atoms with van der Waals surface area (Å²) in [4.78, 5) is 0. The summed E-state index contributed by atoms with van der Waals surface area (Å²) in [5.41, 5.74) is 7.53. The number of rotatable bonds is 2. The van der Waals surface area contributed by atoms with Crippen molar-refractivity contribution in [3.8, 4) is 0 Å². The molecule has 1 aliphatic heterocycles. The number of benzene rings is 1. The van der Waals surface area contributed by atoms with Gasteiger partial charge in [-0.3, -0.25) is 5.01 Å². The molecule has 0 unspecified atom stereocenters. The summed E-state index contributed by atoms with van der Waals surface area (Å²) >= 11 is 0. The Balaban J connectivity index is 2.16. The molecule has 68 valence electrons. The normalized spacial score (nSPS) is 15.5. The third-order valence-corrected chi connectivity index (χ3v) is 1.83. The molecule has 0 aromatic heterocycles. The van der Waals surface area contributed by atoms with Crippen LogP contribution in [0.15, 0.2) is 42.2 Å². The van der Waals surface area contributed by atoms with Gasteiger partial charge in [-0.25, -0.2) is 0 Å². The molecule has 0 saturated carbocycles. The average molecular weight is 177 g/mol. The van der Waals surface area contributed by atoms with E-state index in [0.717, 1.165) is 11.4 Å². The molecule has 0 fully saturated rings. The van der Waals surface area contributed by atoms with E-state index in [4.69, 9.17) is 5.11 Å². The van der Waals surface area contributed by atoms with Gasteiger partial charge >= 0.3 is 0 Å². The smallest absolute Gasteiger partial charge is 0.0857 e. The van der Waals surface area contributed by atoms with Crippen molar-refractivity contribution in [2.75, 3.05) is 11.6 Å². The van der Waals surface area contributed by atoms with Gasteiger partial charge in [0.1, 0.15) is 0 Å². The van der Waals surface area contributed by atoms with Crippen molar-refractivity contribution in [2.45, 2.75) is 0 Å². The van der Waals surface area contributed by atoms with Gasteiger partial charge in [-0.2, -0.15) is 0 Å². The Kier molecular flexibility index (Phi) is 2.16. The molecular formula is C9H11N3O. The van der Waals surface area contributed by atoms with Gasteiger partial charge in [0.25, 0.3) is 0 Å². The number of aliphatic hydroxyl groups excluding tert-OH is 1. The van der Waals surface area contributed by atoms with Gasteiger partial charge in [-0.05, 0) is 12.1 Å². The minimum absolute atomic E-state index is 0.0103. The Morgan fingerprint density at radius 1 is 1.23 bits per heavy atom. The Hall–Kier alpha value is -1.52. The fraction of sp³-hybridized carbons (Fsp3) is 0.111. The van der Waals surface area contributed by atoms with Gasteiger partial charge in [0.2, 0.25) is 0 Å². The maximum atomic E-state index is 8.83. The molecular weight excluding hydrogens is 166 g/mol. The second-order valence-corrected chi connectivity index (χ2v) is 2.75. The van der Waals surface area contributed by atoms with Gasteiger partial charge in [0.15, 0.2) is 0 Å². The van der Waals surface area contributed by atoms with Gasteiger partial charge in [-0.1, -0.05) is 18.2 Å². The van der Waals surface area contributed by atoms with Crippen molar-refractivity contribution < 1.29 is 5.11 Å². The predicted octanol–water partition coefficient (Wildman–Crippen LogP) is 0.350. The van der Waals surface area contributed by atoms with Crippen LogP contribution in [0.3, 0.4) is 0 Å². The first kappa shape index (κ1) is 8.10. The van der Waals surface area contributed by atoms with Crippen molar-refractivity contribution >= 4 is 5.69 Å². The van der Waals surface area contributed by atoms with Gasteiger partial charge in [-0.15, -0.1) is 5.53 Å². The Morgan fingerprint density at radius 2 is 2.00 bits per heavy atom. The number of hydrogen-bond acceptors (Lipinski definition) is 4. The Labute approximate surface area is 76.4 Å². The molecule has 1 aliphatic rings. The summed E-state index contributed by atoms with van der Waals surface area (Å²) < 4.78 is 0. The van der Waals surface area contributed by atoms with E-state index in [2.05, 4.69) is 11.0 Å². The van der Waals surface area contributed by atoms with Crippen molar-refractivity contribution in [2.24, 2.45) is 0 Å². The highest BCUT2D eigenvalue weighted by atomic mass is 16.3. The molecule has 0 aliphatic carbocycles. The molecule has 0 bridgehead atoms. The SMILES string of the molecule is OCC1=CN(c2ccccc2)NN1. The summed E-state index contributed by atoms with van der Waals surface area (Å²) in [5, 5.41) is 10.6. The van der Waals surface area contributed by atoms with E-state index in [1.165, 1.54) is 0 Å². The molecule has 0 atom stereocenters.